The fourth-order valence-corrected chi connectivity index (χ4v) is 2.79. The molecule has 1 heterocycles. The van der Waals surface area contributed by atoms with Gasteiger partial charge in [0.25, 0.3) is 0 Å². The van der Waals surface area contributed by atoms with Crippen LogP contribution in [-0.4, -0.2) is 6.79 Å². The van der Waals surface area contributed by atoms with Crippen LogP contribution < -0.4 is 15.2 Å². The molecule has 0 saturated heterocycles. The van der Waals surface area contributed by atoms with Crippen molar-refractivity contribution < 1.29 is 9.47 Å². The predicted molar refractivity (Wildman–Crippen MR) is 61.6 cm³/mol. The van der Waals surface area contributed by atoms with Crippen LogP contribution in [0.2, 0.25) is 0 Å². The maximum Gasteiger partial charge on any atom is 0.231 e. The fourth-order valence-electron chi connectivity index (χ4n) is 2.79. The summed E-state index contributed by atoms with van der Waals surface area (Å²) in [6.07, 6.45) is 4.51. The quantitative estimate of drug-likeness (QED) is 0.789. The monoisotopic (exact) mass is 219 g/mol. The molecule has 3 heteroatoms. The van der Waals surface area contributed by atoms with Crippen LogP contribution in [0.25, 0.3) is 0 Å². The summed E-state index contributed by atoms with van der Waals surface area (Å²) in [5.41, 5.74) is 8.61. The Morgan fingerprint density at radius 1 is 1.19 bits per heavy atom. The Balaban J connectivity index is 2.13. The number of fused-ring (bicyclic) bond motifs is 1. The fraction of sp³-hybridized carbons (Fsp3) is 0.538. The summed E-state index contributed by atoms with van der Waals surface area (Å²) in [5.74, 6) is 1.72. The highest BCUT2D eigenvalue weighted by atomic mass is 16.7. The molecule has 3 nitrogen and oxygen atoms in total. The van der Waals surface area contributed by atoms with Gasteiger partial charge in [-0.15, -0.1) is 0 Å². The van der Waals surface area contributed by atoms with Crippen molar-refractivity contribution in [3.8, 4) is 11.5 Å². The lowest BCUT2D eigenvalue weighted by Gasteiger charge is -2.25. The average Bonchev–Trinajstić information content (AvgIpc) is 2.85. The second-order valence-electron chi connectivity index (χ2n) is 4.91. The lowest BCUT2D eigenvalue weighted by atomic mass is 9.87. The number of nitrogens with two attached hydrogens (primary N) is 1. The lowest BCUT2D eigenvalue weighted by Crippen LogP contribution is -2.33. The number of aryl methyl sites for hydroxylation is 1. The molecule has 1 aromatic rings. The van der Waals surface area contributed by atoms with Gasteiger partial charge in [-0.05, 0) is 31.4 Å². The molecule has 1 saturated carbocycles. The Hall–Kier alpha value is -1.22. The van der Waals surface area contributed by atoms with E-state index in [-0.39, 0.29) is 5.54 Å². The molecule has 2 N–H and O–H groups in total. The molecular weight excluding hydrogens is 202 g/mol. The molecule has 1 aliphatic heterocycles. The minimum absolute atomic E-state index is 0.205. The van der Waals surface area contributed by atoms with Gasteiger partial charge in [-0.2, -0.15) is 0 Å². The second kappa shape index (κ2) is 3.39. The van der Waals surface area contributed by atoms with Gasteiger partial charge in [0.1, 0.15) is 0 Å². The Morgan fingerprint density at radius 3 is 2.69 bits per heavy atom. The van der Waals surface area contributed by atoms with Gasteiger partial charge in [0.2, 0.25) is 6.79 Å². The Bertz CT molecular complexity index is 422. The van der Waals surface area contributed by atoms with Gasteiger partial charge in [-0.1, -0.05) is 18.9 Å². The first-order valence-electron chi connectivity index (χ1n) is 5.89. The summed E-state index contributed by atoms with van der Waals surface area (Å²) in [7, 11) is 0. The van der Waals surface area contributed by atoms with Gasteiger partial charge in [-0.25, -0.2) is 0 Å². The number of benzene rings is 1. The van der Waals surface area contributed by atoms with Crippen molar-refractivity contribution in [3.63, 3.8) is 0 Å². The molecule has 2 aliphatic rings. The van der Waals surface area contributed by atoms with Crippen LogP contribution in [0.4, 0.5) is 0 Å². The van der Waals surface area contributed by atoms with E-state index in [4.69, 9.17) is 15.2 Å². The van der Waals surface area contributed by atoms with E-state index in [1.54, 1.807) is 0 Å². The maximum absolute atomic E-state index is 6.49. The van der Waals surface area contributed by atoms with E-state index in [1.165, 1.54) is 18.4 Å². The first-order chi connectivity index (χ1) is 7.69. The Kier molecular flexibility index (Phi) is 2.11. The summed E-state index contributed by atoms with van der Waals surface area (Å²) in [6, 6.07) is 4.17. The maximum atomic E-state index is 6.49. The van der Waals surface area contributed by atoms with E-state index in [2.05, 4.69) is 13.0 Å². The topological polar surface area (TPSA) is 44.5 Å². The normalized spacial score (nSPS) is 21.4. The molecule has 0 unspecified atom stereocenters. The first-order valence-corrected chi connectivity index (χ1v) is 5.89. The third kappa shape index (κ3) is 1.39. The minimum Gasteiger partial charge on any atom is -0.454 e. The molecule has 16 heavy (non-hydrogen) atoms. The Labute approximate surface area is 95.5 Å². The largest absolute Gasteiger partial charge is 0.454 e. The molecule has 86 valence electrons. The summed E-state index contributed by atoms with van der Waals surface area (Å²) in [6.45, 7) is 2.39. The number of rotatable bonds is 1. The lowest BCUT2D eigenvalue weighted by molar-refractivity contribution is 0.172. The van der Waals surface area contributed by atoms with Crippen LogP contribution in [0.1, 0.15) is 36.8 Å². The number of hydrogen-bond acceptors (Lipinski definition) is 3. The van der Waals surface area contributed by atoms with Gasteiger partial charge in [0.15, 0.2) is 11.5 Å². The van der Waals surface area contributed by atoms with E-state index in [0.29, 0.717) is 6.79 Å². The molecule has 1 aromatic carbocycles. The van der Waals surface area contributed by atoms with Crippen molar-refractivity contribution >= 4 is 0 Å². The molecule has 1 fully saturated rings. The standard InChI is InChI=1S/C13H17NO2/c1-9-6-10(13(14)4-2-3-5-13)12-11(7-9)15-8-16-12/h6-7H,2-5,8,14H2,1H3. The van der Waals surface area contributed by atoms with Crippen LogP contribution in [0.5, 0.6) is 11.5 Å². The molecular formula is C13H17NO2. The summed E-state index contributed by atoms with van der Waals surface area (Å²) >= 11 is 0. The molecule has 0 amide bonds. The van der Waals surface area contributed by atoms with Crippen LogP contribution in [0.3, 0.4) is 0 Å². The van der Waals surface area contributed by atoms with Crippen molar-refractivity contribution in [2.24, 2.45) is 5.73 Å². The molecule has 0 spiro atoms. The highest BCUT2D eigenvalue weighted by molar-refractivity contribution is 5.53. The molecule has 3 rings (SSSR count). The molecule has 1 aliphatic carbocycles. The zero-order valence-electron chi connectivity index (χ0n) is 9.58. The van der Waals surface area contributed by atoms with Gasteiger partial charge in [-0.3, -0.25) is 0 Å². The first kappa shape index (κ1) is 9.97. The molecule has 0 radical (unpaired) electrons. The number of hydrogen-bond donors (Lipinski definition) is 1. The molecule has 0 bridgehead atoms. The number of ether oxygens (including phenoxy) is 2. The molecule has 0 aromatic heterocycles. The SMILES string of the molecule is Cc1cc2c(c(C3(N)CCCC3)c1)OCO2. The minimum atomic E-state index is -0.205. The van der Waals surface area contributed by atoms with Gasteiger partial charge in [0, 0.05) is 11.1 Å². The van der Waals surface area contributed by atoms with Crippen LogP contribution in [0, 0.1) is 6.92 Å². The second-order valence-corrected chi connectivity index (χ2v) is 4.91. The van der Waals surface area contributed by atoms with Crippen molar-refractivity contribution in [2.45, 2.75) is 38.1 Å². The van der Waals surface area contributed by atoms with E-state index >= 15 is 0 Å². The van der Waals surface area contributed by atoms with Crippen molar-refractivity contribution in [1.82, 2.24) is 0 Å². The van der Waals surface area contributed by atoms with Crippen molar-refractivity contribution in [2.75, 3.05) is 6.79 Å². The van der Waals surface area contributed by atoms with Crippen LogP contribution >= 0.6 is 0 Å². The van der Waals surface area contributed by atoms with Gasteiger partial charge >= 0.3 is 0 Å². The van der Waals surface area contributed by atoms with E-state index in [0.717, 1.165) is 29.9 Å². The zero-order chi connectivity index (χ0) is 11.2. The smallest absolute Gasteiger partial charge is 0.231 e. The van der Waals surface area contributed by atoms with Gasteiger partial charge in [0.05, 0.1) is 0 Å². The van der Waals surface area contributed by atoms with Crippen molar-refractivity contribution in [1.29, 1.82) is 0 Å². The predicted octanol–water partition coefficient (Wildman–Crippen LogP) is 2.45. The zero-order valence-corrected chi connectivity index (χ0v) is 9.58. The van der Waals surface area contributed by atoms with Gasteiger partial charge < -0.3 is 15.2 Å². The summed E-state index contributed by atoms with van der Waals surface area (Å²) < 4.78 is 11.0. The van der Waals surface area contributed by atoms with Crippen molar-refractivity contribution in [3.05, 3.63) is 23.3 Å². The summed E-state index contributed by atoms with van der Waals surface area (Å²) in [5, 5.41) is 0. The van der Waals surface area contributed by atoms with E-state index in [9.17, 15) is 0 Å². The molecule has 0 atom stereocenters. The summed E-state index contributed by atoms with van der Waals surface area (Å²) in [4.78, 5) is 0. The average molecular weight is 219 g/mol. The third-order valence-electron chi connectivity index (χ3n) is 3.65. The Morgan fingerprint density at radius 2 is 1.94 bits per heavy atom. The van der Waals surface area contributed by atoms with E-state index < -0.39 is 0 Å². The highest BCUT2D eigenvalue weighted by Gasteiger charge is 2.36. The third-order valence-corrected chi connectivity index (χ3v) is 3.65. The highest BCUT2D eigenvalue weighted by Crippen LogP contribution is 2.46. The van der Waals surface area contributed by atoms with E-state index in [1.807, 2.05) is 6.07 Å². The van der Waals surface area contributed by atoms with Crippen LogP contribution in [-0.2, 0) is 5.54 Å². The van der Waals surface area contributed by atoms with Crippen LogP contribution in [0.15, 0.2) is 12.1 Å².